The molecule has 3 fully saturated rings. The largest absolute Gasteiger partial charge is 0.312 e. The minimum absolute atomic E-state index is 0.132. The van der Waals surface area contributed by atoms with E-state index in [-0.39, 0.29) is 11.8 Å². The van der Waals surface area contributed by atoms with Crippen LogP contribution in [0.1, 0.15) is 50.5 Å². The monoisotopic (exact) mass is 495 g/mol. The van der Waals surface area contributed by atoms with Gasteiger partial charge in [0.2, 0.25) is 15.9 Å². The third kappa shape index (κ3) is 3.85. The molecule has 8 heteroatoms. The Balaban J connectivity index is 1.34. The van der Waals surface area contributed by atoms with Gasteiger partial charge < -0.3 is 4.90 Å². The molecule has 0 bridgehead atoms. The van der Waals surface area contributed by atoms with Crippen LogP contribution in [0, 0.1) is 5.92 Å². The molecular weight excluding hydrogens is 466 g/mol. The van der Waals surface area contributed by atoms with Gasteiger partial charge in [-0.15, -0.1) is 0 Å². The van der Waals surface area contributed by atoms with E-state index >= 15 is 0 Å². The fourth-order valence-corrected chi connectivity index (χ4v) is 7.75. The van der Waals surface area contributed by atoms with Crippen molar-refractivity contribution in [1.29, 1.82) is 0 Å². The first-order chi connectivity index (χ1) is 14.4. The predicted molar refractivity (Wildman–Crippen MR) is 120 cm³/mol. The summed E-state index contributed by atoms with van der Waals surface area (Å²) in [6.45, 7) is 3.33. The number of amides is 1. The maximum atomic E-state index is 13.5. The van der Waals surface area contributed by atoms with E-state index in [0.29, 0.717) is 35.0 Å². The third-order valence-electron chi connectivity index (χ3n) is 7.20. The molecule has 0 N–H and O–H groups in total. The van der Waals surface area contributed by atoms with Crippen molar-refractivity contribution < 1.29 is 13.2 Å². The molecule has 1 saturated heterocycles. The highest BCUT2D eigenvalue weighted by atomic mass is 79.9. The lowest BCUT2D eigenvalue weighted by Gasteiger charge is -2.40. The second-order valence-corrected chi connectivity index (χ2v) is 11.9. The summed E-state index contributed by atoms with van der Waals surface area (Å²) in [4.78, 5) is 17.2. The molecule has 4 aliphatic rings. The number of benzene rings is 1. The maximum absolute atomic E-state index is 13.5. The van der Waals surface area contributed by atoms with Crippen LogP contribution < -0.4 is 4.90 Å². The lowest BCUT2D eigenvalue weighted by Crippen LogP contribution is -2.52. The Morgan fingerprint density at radius 2 is 1.63 bits per heavy atom. The van der Waals surface area contributed by atoms with Crippen LogP contribution in [0.2, 0.25) is 0 Å². The van der Waals surface area contributed by atoms with E-state index in [2.05, 4.69) is 20.8 Å². The second-order valence-electron chi connectivity index (χ2n) is 9.16. The highest BCUT2D eigenvalue weighted by Gasteiger charge is 2.38. The number of hydrogen-bond donors (Lipinski definition) is 0. The average molecular weight is 496 g/mol. The van der Waals surface area contributed by atoms with Gasteiger partial charge in [-0.2, -0.15) is 4.31 Å². The molecule has 2 aliphatic carbocycles. The van der Waals surface area contributed by atoms with Crippen molar-refractivity contribution in [1.82, 2.24) is 9.21 Å². The smallest absolute Gasteiger partial charge is 0.244 e. The summed E-state index contributed by atoms with van der Waals surface area (Å²) in [5.41, 5.74) is 1.84. The Hall–Kier alpha value is -0.960. The van der Waals surface area contributed by atoms with E-state index in [1.54, 1.807) is 15.3 Å². The third-order valence-corrected chi connectivity index (χ3v) is 10.1. The maximum Gasteiger partial charge on any atom is 0.244 e. The van der Waals surface area contributed by atoms with Crippen LogP contribution in [-0.2, 0) is 21.2 Å². The van der Waals surface area contributed by atoms with E-state index in [1.807, 2.05) is 6.07 Å². The first-order valence-corrected chi connectivity index (χ1v) is 13.6. The number of piperazine rings is 1. The molecule has 0 unspecified atom stereocenters. The van der Waals surface area contributed by atoms with Crippen molar-refractivity contribution in [3.05, 3.63) is 22.2 Å². The Bertz CT molecular complexity index is 933. The van der Waals surface area contributed by atoms with Crippen LogP contribution in [0.15, 0.2) is 21.5 Å². The quantitative estimate of drug-likeness (QED) is 0.642. The lowest BCUT2D eigenvalue weighted by molar-refractivity contribution is -0.119. The summed E-state index contributed by atoms with van der Waals surface area (Å²) < 4.78 is 29.2. The van der Waals surface area contributed by atoms with Gasteiger partial charge in [0.25, 0.3) is 0 Å². The molecule has 2 heterocycles. The molecule has 0 atom stereocenters. The number of carbonyl (C=O) groups excluding carboxylic acids is 1. The number of halogens is 1. The minimum Gasteiger partial charge on any atom is -0.312 e. The molecule has 0 radical (unpaired) electrons. The molecule has 2 aliphatic heterocycles. The van der Waals surface area contributed by atoms with Gasteiger partial charge in [0, 0.05) is 54.8 Å². The van der Waals surface area contributed by atoms with Gasteiger partial charge in [-0.25, -0.2) is 8.42 Å². The standard InChI is InChI=1S/C22H30BrN3O3S/c23-19-14-17-8-9-26(22(27)16-6-7-16)20(17)15-21(19)30(28,29)25-12-10-24(11-13-25)18-4-2-1-3-5-18/h14-16,18H,1-13H2. The lowest BCUT2D eigenvalue weighted by atomic mass is 9.94. The Labute approximate surface area is 187 Å². The number of carbonyl (C=O) groups is 1. The Morgan fingerprint density at radius 3 is 2.30 bits per heavy atom. The fraction of sp³-hybridized carbons (Fsp3) is 0.682. The van der Waals surface area contributed by atoms with Gasteiger partial charge in [-0.1, -0.05) is 19.3 Å². The molecule has 1 aromatic rings. The Morgan fingerprint density at radius 1 is 0.933 bits per heavy atom. The number of anilines is 1. The van der Waals surface area contributed by atoms with Gasteiger partial charge in [0.1, 0.15) is 0 Å². The molecule has 1 aromatic carbocycles. The Kier molecular flexibility index (Phi) is 5.71. The van der Waals surface area contributed by atoms with E-state index < -0.39 is 10.0 Å². The highest BCUT2D eigenvalue weighted by Crippen LogP contribution is 2.40. The van der Waals surface area contributed by atoms with E-state index in [9.17, 15) is 13.2 Å². The topological polar surface area (TPSA) is 60.9 Å². The average Bonchev–Trinajstić information content (AvgIpc) is 3.53. The molecule has 0 spiro atoms. The van der Waals surface area contributed by atoms with Crippen LogP contribution in [0.4, 0.5) is 5.69 Å². The van der Waals surface area contributed by atoms with Crippen molar-refractivity contribution in [3.8, 4) is 0 Å². The zero-order valence-corrected chi connectivity index (χ0v) is 19.8. The van der Waals surface area contributed by atoms with E-state index in [1.165, 1.54) is 32.1 Å². The first kappa shape index (κ1) is 20.9. The van der Waals surface area contributed by atoms with E-state index in [4.69, 9.17) is 0 Å². The van der Waals surface area contributed by atoms with Gasteiger partial charge in [0.05, 0.1) is 4.90 Å². The van der Waals surface area contributed by atoms with Crippen molar-refractivity contribution in [2.75, 3.05) is 37.6 Å². The number of rotatable bonds is 4. The van der Waals surface area contributed by atoms with Crippen LogP contribution >= 0.6 is 15.9 Å². The summed E-state index contributed by atoms with van der Waals surface area (Å²) in [6, 6.07) is 4.26. The second kappa shape index (κ2) is 8.19. The molecule has 6 nitrogen and oxygen atoms in total. The summed E-state index contributed by atoms with van der Waals surface area (Å²) in [5.74, 6) is 0.285. The summed E-state index contributed by atoms with van der Waals surface area (Å²) >= 11 is 3.51. The number of fused-ring (bicyclic) bond motifs is 1. The van der Waals surface area contributed by atoms with Gasteiger partial charge in [-0.05, 0) is 65.7 Å². The summed E-state index contributed by atoms with van der Waals surface area (Å²) in [5, 5.41) is 0. The SMILES string of the molecule is O=C(C1CC1)N1CCc2cc(Br)c(S(=O)(=O)N3CCN(C4CCCCC4)CC3)cc21. The summed E-state index contributed by atoms with van der Waals surface area (Å²) in [7, 11) is -3.60. The van der Waals surface area contributed by atoms with Crippen molar-refractivity contribution in [3.63, 3.8) is 0 Å². The van der Waals surface area contributed by atoms with Crippen LogP contribution in [-0.4, -0.2) is 62.3 Å². The van der Waals surface area contributed by atoms with Gasteiger partial charge >= 0.3 is 0 Å². The first-order valence-electron chi connectivity index (χ1n) is 11.3. The van der Waals surface area contributed by atoms with Crippen molar-refractivity contribution >= 4 is 37.5 Å². The molecule has 30 heavy (non-hydrogen) atoms. The van der Waals surface area contributed by atoms with Crippen molar-refractivity contribution in [2.45, 2.75) is 62.3 Å². The van der Waals surface area contributed by atoms with E-state index in [0.717, 1.165) is 43.6 Å². The minimum atomic E-state index is -3.60. The molecule has 2 saturated carbocycles. The van der Waals surface area contributed by atoms with Gasteiger partial charge in [-0.3, -0.25) is 9.69 Å². The molecule has 1 amide bonds. The summed E-state index contributed by atoms with van der Waals surface area (Å²) in [6.07, 6.45) is 9.10. The molecule has 0 aromatic heterocycles. The van der Waals surface area contributed by atoms with Crippen LogP contribution in [0.3, 0.4) is 0 Å². The van der Waals surface area contributed by atoms with Crippen LogP contribution in [0.5, 0.6) is 0 Å². The molecular formula is C22H30BrN3O3S. The van der Waals surface area contributed by atoms with Crippen LogP contribution in [0.25, 0.3) is 0 Å². The zero-order chi connectivity index (χ0) is 20.9. The number of hydrogen-bond acceptors (Lipinski definition) is 4. The van der Waals surface area contributed by atoms with Crippen molar-refractivity contribution in [2.24, 2.45) is 5.92 Å². The number of nitrogens with zero attached hydrogens (tertiary/aromatic N) is 3. The fourth-order valence-electron chi connectivity index (χ4n) is 5.26. The number of sulfonamides is 1. The van der Waals surface area contributed by atoms with Gasteiger partial charge in [0.15, 0.2) is 0 Å². The molecule has 164 valence electrons. The predicted octanol–water partition coefficient (Wildman–Crippen LogP) is 3.39. The highest BCUT2D eigenvalue weighted by molar-refractivity contribution is 9.10. The molecule has 5 rings (SSSR count). The zero-order valence-electron chi connectivity index (χ0n) is 17.4. The normalized spacial score (nSPS) is 24.2.